The van der Waals surface area contributed by atoms with Crippen LogP contribution < -0.4 is 5.46 Å². The standard InChI is InChI=1S/C13H10BClN2O3/c15-13-11-7-10(18)5-6-12(11)16-17(13)9-3-1-8(2-4-9)14(19)20/h1-7,18-20H. The van der Waals surface area contributed by atoms with Crippen molar-refractivity contribution in [1.82, 2.24) is 9.78 Å². The molecular weight excluding hydrogens is 278 g/mol. The molecular formula is C13H10BClN2O3. The van der Waals surface area contributed by atoms with Gasteiger partial charge in [-0.05, 0) is 35.8 Å². The van der Waals surface area contributed by atoms with Crippen LogP contribution in [0.2, 0.25) is 5.15 Å². The Hall–Kier alpha value is -2.02. The lowest BCUT2D eigenvalue weighted by molar-refractivity contribution is 0.426. The molecule has 7 heteroatoms. The van der Waals surface area contributed by atoms with Crippen LogP contribution in [0.5, 0.6) is 5.75 Å². The number of rotatable bonds is 2. The Balaban J connectivity index is 2.12. The molecule has 20 heavy (non-hydrogen) atoms. The zero-order valence-corrected chi connectivity index (χ0v) is 11.0. The van der Waals surface area contributed by atoms with Gasteiger partial charge in [0, 0.05) is 5.39 Å². The molecule has 0 aliphatic carbocycles. The van der Waals surface area contributed by atoms with E-state index in [1.165, 1.54) is 4.68 Å². The average Bonchev–Trinajstić information content (AvgIpc) is 2.76. The minimum Gasteiger partial charge on any atom is -0.508 e. The van der Waals surface area contributed by atoms with Gasteiger partial charge >= 0.3 is 7.12 Å². The second-order valence-corrected chi connectivity index (χ2v) is 4.73. The predicted octanol–water partition coefficient (Wildman–Crippen LogP) is 1.06. The van der Waals surface area contributed by atoms with Crippen LogP contribution in [0.4, 0.5) is 0 Å². The van der Waals surface area contributed by atoms with Crippen LogP contribution in [0.1, 0.15) is 0 Å². The molecule has 0 aliphatic rings. The highest BCUT2D eigenvalue weighted by molar-refractivity contribution is 6.58. The van der Waals surface area contributed by atoms with Gasteiger partial charge in [-0.25, -0.2) is 4.68 Å². The quantitative estimate of drug-likeness (QED) is 0.616. The van der Waals surface area contributed by atoms with Gasteiger partial charge in [-0.2, -0.15) is 5.10 Å². The van der Waals surface area contributed by atoms with Crippen LogP contribution in [-0.2, 0) is 0 Å². The molecule has 0 saturated heterocycles. The maximum Gasteiger partial charge on any atom is 0.488 e. The lowest BCUT2D eigenvalue weighted by Crippen LogP contribution is -2.29. The highest BCUT2D eigenvalue weighted by Gasteiger charge is 2.13. The first-order valence-corrected chi connectivity index (χ1v) is 6.28. The van der Waals surface area contributed by atoms with E-state index in [0.717, 1.165) is 0 Å². The zero-order valence-electron chi connectivity index (χ0n) is 10.2. The largest absolute Gasteiger partial charge is 0.508 e. The van der Waals surface area contributed by atoms with Crippen LogP contribution >= 0.6 is 11.6 Å². The van der Waals surface area contributed by atoms with Gasteiger partial charge in [0.25, 0.3) is 0 Å². The summed E-state index contributed by atoms with van der Waals surface area (Å²) in [6.45, 7) is 0. The highest BCUT2D eigenvalue weighted by atomic mass is 35.5. The fourth-order valence-electron chi connectivity index (χ4n) is 2.00. The summed E-state index contributed by atoms with van der Waals surface area (Å²) in [5, 5.41) is 33.0. The van der Waals surface area contributed by atoms with Crippen LogP contribution in [-0.4, -0.2) is 32.1 Å². The third kappa shape index (κ3) is 2.14. The first kappa shape index (κ1) is 13.0. The van der Waals surface area contributed by atoms with E-state index in [0.29, 0.717) is 27.2 Å². The van der Waals surface area contributed by atoms with Gasteiger partial charge in [0.15, 0.2) is 0 Å². The van der Waals surface area contributed by atoms with Crippen molar-refractivity contribution in [3.05, 3.63) is 47.6 Å². The van der Waals surface area contributed by atoms with Gasteiger partial charge in [0.2, 0.25) is 0 Å². The molecule has 0 amide bonds. The molecule has 0 fully saturated rings. The maximum atomic E-state index is 9.48. The molecule has 0 atom stereocenters. The highest BCUT2D eigenvalue weighted by Crippen LogP contribution is 2.28. The molecule has 0 saturated carbocycles. The van der Waals surface area contributed by atoms with Crippen molar-refractivity contribution in [3.63, 3.8) is 0 Å². The Bertz CT molecular complexity index is 771. The van der Waals surface area contributed by atoms with Gasteiger partial charge in [-0.3, -0.25) is 0 Å². The number of aromatic hydroxyl groups is 1. The van der Waals surface area contributed by atoms with Crippen LogP contribution in [0.3, 0.4) is 0 Å². The van der Waals surface area contributed by atoms with Crippen LogP contribution in [0.15, 0.2) is 42.5 Å². The van der Waals surface area contributed by atoms with Crippen molar-refractivity contribution in [1.29, 1.82) is 0 Å². The minimum atomic E-state index is -1.51. The Morgan fingerprint density at radius 2 is 1.75 bits per heavy atom. The summed E-state index contributed by atoms with van der Waals surface area (Å²) in [5.74, 6) is 0.123. The van der Waals surface area contributed by atoms with E-state index >= 15 is 0 Å². The summed E-state index contributed by atoms with van der Waals surface area (Å²) in [6, 6.07) is 11.3. The number of aromatic nitrogens is 2. The molecule has 5 nitrogen and oxygen atoms in total. The number of hydrogen-bond donors (Lipinski definition) is 3. The van der Waals surface area contributed by atoms with Gasteiger partial charge < -0.3 is 15.2 Å². The third-order valence-corrected chi connectivity index (χ3v) is 3.40. The van der Waals surface area contributed by atoms with Crippen molar-refractivity contribution < 1.29 is 15.2 Å². The first-order valence-electron chi connectivity index (χ1n) is 5.90. The average molecular weight is 288 g/mol. The first-order chi connectivity index (χ1) is 9.56. The van der Waals surface area contributed by atoms with Gasteiger partial charge in [0.1, 0.15) is 10.9 Å². The summed E-state index contributed by atoms with van der Waals surface area (Å²) in [5.41, 5.74) is 1.74. The molecule has 0 bridgehead atoms. The van der Waals surface area contributed by atoms with Crippen molar-refractivity contribution in [3.8, 4) is 11.4 Å². The van der Waals surface area contributed by atoms with E-state index in [2.05, 4.69) is 5.10 Å². The Morgan fingerprint density at radius 3 is 2.40 bits per heavy atom. The van der Waals surface area contributed by atoms with E-state index in [1.54, 1.807) is 42.5 Å². The number of benzene rings is 2. The Kier molecular flexibility index (Phi) is 3.14. The lowest BCUT2D eigenvalue weighted by Gasteiger charge is -2.04. The molecule has 0 aliphatic heterocycles. The SMILES string of the molecule is OB(O)c1ccc(-n2nc3ccc(O)cc3c2Cl)cc1. The second kappa shape index (κ2) is 4.83. The molecule has 0 spiro atoms. The van der Waals surface area contributed by atoms with E-state index in [1.807, 2.05) is 0 Å². The van der Waals surface area contributed by atoms with Gasteiger partial charge in [-0.15, -0.1) is 0 Å². The number of hydrogen-bond acceptors (Lipinski definition) is 4. The van der Waals surface area contributed by atoms with Crippen molar-refractivity contribution in [2.75, 3.05) is 0 Å². The lowest BCUT2D eigenvalue weighted by atomic mass is 9.80. The number of fused-ring (bicyclic) bond motifs is 1. The maximum absolute atomic E-state index is 9.48. The van der Waals surface area contributed by atoms with E-state index < -0.39 is 7.12 Å². The second-order valence-electron chi connectivity index (χ2n) is 4.37. The summed E-state index contributed by atoms with van der Waals surface area (Å²) in [7, 11) is -1.51. The molecule has 1 heterocycles. The topological polar surface area (TPSA) is 78.5 Å². The summed E-state index contributed by atoms with van der Waals surface area (Å²) in [4.78, 5) is 0. The molecule has 3 aromatic rings. The summed E-state index contributed by atoms with van der Waals surface area (Å²) < 4.78 is 1.53. The van der Waals surface area contributed by atoms with Crippen LogP contribution in [0.25, 0.3) is 16.6 Å². The normalized spacial score (nSPS) is 10.9. The fourth-order valence-corrected chi connectivity index (χ4v) is 2.29. The van der Waals surface area contributed by atoms with E-state index in [9.17, 15) is 5.11 Å². The summed E-state index contributed by atoms with van der Waals surface area (Å²) in [6.07, 6.45) is 0. The smallest absolute Gasteiger partial charge is 0.488 e. The molecule has 2 aromatic carbocycles. The van der Waals surface area contributed by atoms with Gasteiger partial charge in [0.05, 0.1) is 11.2 Å². The molecule has 1 aromatic heterocycles. The van der Waals surface area contributed by atoms with E-state index in [4.69, 9.17) is 21.6 Å². The summed E-state index contributed by atoms with van der Waals surface area (Å²) >= 11 is 6.26. The molecule has 100 valence electrons. The van der Waals surface area contributed by atoms with Crippen molar-refractivity contribution in [2.45, 2.75) is 0 Å². The number of phenolic OH excluding ortho intramolecular Hbond substituents is 1. The molecule has 3 N–H and O–H groups in total. The number of phenols is 1. The van der Waals surface area contributed by atoms with Gasteiger partial charge in [-0.1, -0.05) is 23.7 Å². The van der Waals surface area contributed by atoms with Crippen LogP contribution in [0, 0.1) is 0 Å². The van der Waals surface area contributed by atoms with E-state index in [-0.39, 0.29) is 5.75 Å². The predicted molar refractivity (Wildman–Crippen MR) is 77.6 cm³/mol. The third-order valence-electron chi connectivity index (χ3n) is 3.03. The van der Waals surface area contributed by atoms with Crippen molar-refractivity contribution in [2.24, 2.45) is 0 Å². The monoisotopic (exact) mass is 288 g/mol. The minimum absolute atomic E-state index is 0.123. The fraction of sp³-hybridized carbons (Fsp3) is 0. The molecule has 0 radical (unpaired) electrons. The Labute approximate surface area is 119 Å². The van der Waals surface area contributed by atoms with Crippen molar-refractivity contribution >= 4 is 35.1 Å². The number of nitrogens with zero attached hydrogens (tertiary/aromatic N) is 2. The molecule has 0 unspecified atom stereocenters. The molecule has 3 rings (SSSR count). The zero-order chi connectivity index (χ0) is 14.3. The Morgan fingerprint density at radius 1 is 1.05 bits per heavy atom. The number of halogens is 1.